The monoisotopic (exact) mass is 429 g/mol. The van der Waals surface area contributed by atoms with E-state index < -0.39 is 0 Å². The van der Waals surface area contributed by atoms with Crippen LogP contribution in [0.4, 0.5) is 0 Å². The number of para-hydroxylation sites is 1. The Morgan fingerprint density at radius 1 is 0.839 bits per heavy atom. The average Bonchev–Trinajstić information content (AvgIpc) is 3.15. The molecule has 0 aliphatic rings. The Bertz CT molecular complexity index is 1410. The molecule has 154 valence electrons. The van der Waals surface area contributed by atoms with Crippen LogP contribution < -0.4 is 9.47 Å². The largest absolute Gasteiger partial charge is 0.493 e. The van der Waals surface area contributed by atoms with Crippen molar-refractivity contribution in [1.29, 1.82) is 0 Å². The predicted octanol–water partition coefficient (Wildman–Crippen LogP) is 6.22. The molecule has 0 unspecified atom stereocenters. The minimum absolute atomic E-state index is 0.652. The maximum atomic E-state index is 6.14. The summed E-state index contributed by atoms with van der Waals surface area (Å²) in [5, 5.41) is 8.45. The Morgan fingerprint density at radius 3 is 2.13 bits per heavy atom. The lowest BCUT2D eigenvalue weighted by Gasteiger charge is -2.13. The first-order chi connectivity index (χ1) is 15.1. The SMILES string of the molecule is COc1cc2c(-c3ccc(Cl)cc3)nc3c(c(C)nn3-c3ccccc3)c2cc1OC. The van der Waals surface area contributed by atoms with Gasteiger partial charge >= 0.3 is 0 Å². The minimum Gasteiger partial charge on any atom is -0.493 e. The standard InChI is InChI=1S/C25H20ClN3O2/c1-15-23-19-13-21(30-2)22(31-3)14-20(19)24(16-9-11-17(26)12-10-16)27-25(23)29(28-15)18-7-5-4-6-8-18/h4-14H,1-3H3. The van der Waals surface area contributed by atoms with Crippen LogP contribution in [0, 0.1) is 6.92 Å². The summed E-state index contributed by atoms with van der Waals surface area (Å²) in [6.07, 6.45) is 0. The number of rotatable bonds is 4. The van der Waals surface area contributed by atoms with Gasteiger partial charge in [-0.15, -0.1) is 0 Å². The Morgan fingerprint density at radius 2 is 1.48 bits per heavy atom. The van der Waals surface area contributed by atoms with Gasteiger partial charge in [0.25, 0.3) is 0 Å². The van der Waals surface area contributed by atoms with Gasteiger partial charge in [-0.1, -0.05) is 41.9 Å². The Balaban J connectivity index is 1.94. The van der Waals surface area contributed by atoms with E-state index in [0.29, 0.717) is 16.5 Å². The van der Waals surface area contributed by atoms with Crippen LogP contribution in [0.15, 0.2) is 66.7 Å². The number of fused-ring (bicyclic) bond motifs is 3. The fourth-order valence-electron chi connectivity index (χ4n) is 3.96. The number of nitrogens with zero attached hydrogens (tertiary/aromatic N) is 3. The topological polar surface area (TPSA) is 49.2 Å². The molecule has 6 heteroatoms. The summed E-state index contributed by atoms with van der Waals surface area (Å²) in [4.78, 5) is 5.09. The molecule has 0 atom stereocenters. The predicted molar refractivity (Wildman–Crippen MR) is 125 cm³/mol. The number of methoxy groups -OCH3 is 2. The number of hydrogen-bond acceptors (Lipinski definition) is 4. The summed E-state index contributed by atoms with van der Waals surface area (Å²) in [7, 11) is 3.28. The van der Waals surface area contributed by atoms with Crippen molar-refractivity contribution in [3.8, 4) is 28.4 Å². The van der Waals surface area contributed by atoms with Crippen LogP contribution in [0.3, 0.4) is 0 Å². The van der Waals surface area contributed by atoms with Crippen molar-refractivity contribution in [2.75, 3.05) is 14.2 Å². The third-order valence-electron chi connectivity index (χ3n) is 5.42. The lowest BCUT2D eigenvalue weighted by Crippen LogP contribution is -1.99. The molecule has 31 heavy (non-hydrogen) atoms. The van der Waals surface area contributed by atoms with E-state index in [-0.39, 0.29) is 0 Å². The quantitative estimate of drug-likeness (QED) is 0.340. The van der Waals surface area contributed by atoms with Gasteiger partial charge in [0.1, 0.15) is 0 Å². The molecular formula is C25H20ClN3O2. The van der Waals surface area contributed by atoms with E-state index in [1.165, 1.54) is 0 Å². The normalized spacial score (nSPS) is 11.2. The van der Waals surface area contributed by atoms with Gasteiger partial charge in [0.05, 0.1) is 36.7 Å². The van der Waals surface area contributed by atoms with E-state index >= 15 is 0 Å². The molecule has 0 radical (unpaired) electrons. The molecule has 2 aromatic heterocycles. The van der Waals surface area contributed by atoms with E-state index in [1.54, 1.807) is 14.2 Å². The van der Waals surface area contributed by atoms with Crippen molar-refractivity contribution in [1.82, 2.24) is 14.8 Å². The first-order valence-corrected chi connectivity index (χ1v) is 10.2. The fourth-order valence-corrected chi connectivity index (χ4v) is 4.08. The highest BCUT2D eigenvalue weighted by Gasteiger charge is 2.20. The fraction of sp³-hybridized carbons (Fsp3) is 0.120. The van der Waals surface area contributed by atoms with Gasteiger partial charge in [-0.05, 0) is 43.3 Å². The van der Waals surface area contributed by atoms with Crippen LogP contribution in [0.2, 0.25) is 5.02 Å². The molecule has 0 saturated heterocycles. The van der Waals surface area contributed by atoms with Crippen LogP contribution in [0.5, 0.6) is 11.5 Å². The molecule has 5 aromatic rings. The van der Waals surface area contributed by atoms with Crippen LogP contribution in [-0.4, -0.2) is 29.0 Å². The van der Waals surface area contributed by atoms with Gasteiger partial charge in [0.2, 0.25) is 0 Å². The van der Waals surface area contributed by atoms with Crippen molar-refractivity contribution >= 4 is 33.4 Å². The third-order valence-corrected chi connectivity index (χ3v) is 5.67. The summed E-state index contributed by atoms with van der Waals surface area (Å²) in [5.74, 6) is 1.32. The molecule has 5 nitrogen and oxygen atoms in total. The van der Waals surface area contributed by atoms with E-state index in [4.69, 9.17) is 31.2 Å². The molecule has 0 aliphatic carbocycles. The van der Waals surface area contributed by atoms with Gasteiger partial charge in [0.15, 0.2) is 17.1 Å². The highest BCUT2D eigenvalue weighted by molar-refractivity contribution is 6.30. The van der Waals surface area contributed by atoms with Gasteiger partial charge in [-0.3, -0.25) is 0 Å². The van der Waals surface area contributed by atoms with E-state index in [1.807, 2.05) is 78.3 Å². The number of aromatic nitrogens is 3. The number of aryl methyl sites for hydroxylation is 1. The van der Waals surface area contributed by atoms with Crippen molar-refractivity contribution in [2.24, 2.45) is 0 Å². The molecule has 0 aliphatic heterocycles. The number of pyridine rings is 1. The molecule has 5 rings (SSSR count). The Kier molecular flexibility index (Phi) is 4.75. The summed E-state index contributed by atoms with van der Waals surface area (Å²) in [5.41, 5.74) is 4.42. The zero-order valence-corrected chi connectivity index (χ0v) is 18.1. The van der Waals surface area contributed by atoms with Crippen LogP contribution in [-0.2, 0) is 0 Å². The van der Waals surface area contributed by atoms with Gasteiger partial charge in [0, 0.05) is 21.4 Å². The molecule has 0 fully saturated rings. The van der Waals surface area contributed by atoms with E-state index in [2.05, 4.69) is 0 Å². The van der Waals surface area contributed by atoms with Gasteiger partial charge in [-0.25, -0.2) is 9.67 Å². The first kappa shape index (κ1) is 19.4. The number of halogens is 1. The second-order valence-electron chi connectivity index (χ2n) is 7.25. The highest BCUT2D eigenvalue weighted by Crippen LogP contribution is 2.40. The zero-order valence-electron chi connectivity index (χ0n) is 17.4. The zero-order chi connectivity index (χ0) is 21.5. The molecule has 0 spiro atoms. The summed E-state index contributed by atoms with van der Waals surface area (Å²) in [6.45, 7) is 2.00. The highest BCUT2D eigenvalue weighted by atomic mass is 35.5. The average molecular weight is 430 g/mol. The molecule has 0 amide bonds. The molecule has 0 N–H and O–H groups in total. The second kappa shape index (κ2) is 7.60. The van der Waals surface area contributed by atoms with Crippen molar-refractivity contribution in [3.63, 3.8) is 0 Å². The number of benzene rings is 3. The van der Waals surface area contributed by atoms with E-state index in [0.717, 1.165) is 44.4 Å². The molecule has 0 bridgehead atoms. The van der Waals surface area contributed by atoms with Crippen LogP contribution >= 0.6 is 11.6 Å². The summed E-state index contributed by atoms with van der Waals surface area (Å²) in [6, 6.07) is 21.7. The maximum Gasteiger partial charge on any atom is 0.164 e. The van der Waals surface area contributed by atoms with Crippen LogP contribution in [0.1, 0.15) is 5.69 Å². The van der Waals surface area contributed by atoms with Gasteiger partial charge in [-0.2, -0.15) is 5.10 Å². The molecule has 0 saturated carbocycles. The first-order valence-electron chi connectivity index (χ1n) is 9.87. The van der Waals surface area contributed by atoms with Crippen molar-refractivity contribution in [3.05, 3.63) is 77.4 Å². The second-order valence-corrected chi connectivity index (χ2v) is 7.69. The lowest BCUT2D eigenvalue weighted by molar-refractivity contribution is 0.356. The summed E-state index contributed by atoms with van der Waals surface area (Å²) >= 11 is 6.14. The van der Waals surface area contributed by atoms with Gasteiger partial charge < -0.3 is 9.47 Å². The lowest BCUT2D eigenvalue weighted by atomic mass is 10.0. The minimum atomic E-state index is 0.652. The van der Waals surface area contributed by atoms with Crippen molar-refractivity contribution in [2.45, 2.75) is 6.92 Å². The maximum absolute atomic E-state index is 6.14. The van der Waals surface area contributed by atoms with Crippen LogP contribution in [0.25, 0.3) is 38.8 Å². The smallest absolute Gasteiger partial charge is 0.164 e. The summed E-state index contributed by atoms with van der Waals surface area (Å²) < 4.78 is 13.1. The molecule has 3 aromatic carbocycles. The Hall–Kier alpha value is -3.57. The Labute approximate surface area is 184 Å². The van der Waals surface area contributed by atoms with Crippen molar-refractivity contribution < 1.29 is 9.47 Å². The number of hydrogen-bond donors (Lipinski definition) is 0. The molecule has 2 heterocycles. The third kappa shape index (κ3) is 3.18. The van der Waals surface area contributed by atoms with E-state index in [9.17, 15) is 0 Å². The number of ether oxygens (including phenoxy) is 2. The molecular weight excluding hydrogens is 410 g/mol.